The van der Waals surface area contributed by atoms with Crippen LogP contribution in [0.2, 0.25) is 0 Å². The highest BCUT2D eigenvalue weighted by Gasteiger charge is 2.26. The minimum absolute atomic E-state index is 0.195. The van der Waals surface area contributed by atoms with Gasteiger partial charge in [-0.05, 0) is 19.1 Å². The van der Waals surface area contributed by atoms with Crippen molar-refractivity contribution in [1.29, 1.82) is 0 Å². The van der Waals surface area contributed by atoms with Gasteiger partial charge in [-0.3, -0.25) is 4.79 Å². The second kappa shape index (κ2) is 4.63. The largest absolute Gasteiger partial charge is 0.496 e. The average molecular weight is 238 g/mol. The van der Waals surface area contributed by atoms with E-state index in [1.54, 1.807) is 19.1 Å². The normalized spacial score (nSPS) is 15.6. The van der Waals surface area contributed by atoms with Gasteiger partial charge >= 0.3 is 5.97 Å². The maximum atomic E-state index is 11.1. The van der Waals surface area contributed by atoms with Gasteiger partial charge in [-0.15, -0.1) is 0 Å². The van der Waals surface area contributed by atoms with E-state index in [2.05, 4.69) is 0 Å². The molecule has 1 aromatic carbocycles. The number of rotatable bonds is 3. The molecule has 1 heterocycles. The Morgan fingerprint density at radius 2 is 2.29 bits per heavy atom. The van der Waals surface area contributed by atoms with Crippen LogP contribution in [0.1, 0.15) is 24.0 Å². The summed E-state index contributed by atoms with van der Waals surface area (Å²) in [6, 6.07) is 3.49. The van der Waals surface area contributed by atoms with Gasteiger partial charge in [0.05, 0.1) is 19.6 Å². The number of carboxylic acid groups (broad SMARTS) is 1. The van der Waals surface area contributed by atoms with Gasteiger partial charge in [-0.2, -0.15) is 0 Å². The molecule has 1 atom stereocenters. The van der Waals surface area contributed by atoms with E-state index in [1.807, 2.05) is 0 Å². The SMILES string of the molecule is COc1ccc2c(c1C(C)C(=O)O)COCO2. The predicted octanol–water partition coefficient (Wildman–Crippen LogP) is 1.75. The Morgan fingerprint density at radius 3 is 2.94 bits per heavy atom. The van der Waals surface area contributed by atoms with E-state index >= 15 is 0 Å². The zero-order chi connectivity index (χ0) is 12.4. The first-order chi connectivity index (χ1) is 8.15. The fourth-order valence-corrected chi connectivity index (χ4v) is 1.93. The highest BCUT2D eigenvalue weighted by Crippen LogP contribution is 2.37. The van der Waals surface area contributed by atoms with Gasteiger partial charge in [-0.25, -0.2) is 0 Å². The van der Waals surface area contributed by atoms with Gasteiger partial charge in [-0.1, -0.05) is 0 Å². The summed E-state index contributed by atoms with van der Waals surface area (Å²) in [5.41, 5.74) is 1.38. The summed E-state index contributed by atoms with van der Waals surface area (Å²) < 4.78 is 15.7. The molecule has 5 nitrogen and oxygen atoms in total. The lowest BCUT2D eigenvalue weighted by atomic mass is 9.94. The molecule has 17 heavy (non-hydrogen) atoms. The topological polar surface area (TPSA) is 65.0 Å². The number of carboxylic acids is 1. The molecular formula is C12H14O5. The van der Waals surface area contributed by atoms with E-state index in [-0.39, 0.29) is 6.79 Å². The van der Waals surface area contributed by atoms with Crippen LogP contribution in [0.5, 0.6) is 11.5 Å². The van der Waals surface area contributed by atoms with Crippen molar-refractivity contribution in [3.8, 4) is 11.5 Å². The van der Waals surface area contributed by atoms with E-state index < -0.39 is 11.9 Å². The molecule has 1 aromatic rings. The fraction of sp³-hybridized carbons (Fsp3) is 0.417. The molecule has 0 bridgehead atoms. The Labute approximate surface area is 98.9 Å². The van der Waals surface area contributed by atoms with Crippen LogP contribution in [0.4, 0.5) is 0 Å². The predicted molar refractivity (Wildman–Crippen MR) is 59.3 cm³/mol. The number of aliphatic carboxylic acids is 1. The third-order valence-electron chi connectivity index (χ3n) is 2.84. The molecule has 0 aliphatic carbocycles. The summed E-state index contributed by atoms with van der Waals surface area (Å²) >= 11 is 0. The van der Waals surface area contributed by atoms with E-state index in [4.69, 9.17) is 19.3 Å². The van der Waals surface area contributed by atoms with E-state index in [9.17, 15) is 4.79 Å². The summed E-state index contributed by atoms with van der Waals surface area (Å²) in [4.78, 5) is 11.1. The minimum Gasteiger partial charge on any atom is -0.496 e. The van der Waals surface area contributed by atoms with Crippen molar-refractivity contribution in [3.63, 3.8) is 0 Å². The molecule has 1 unspecified atom stereocenters. The lowest BCUT2D eigenvalue weighted by molar-refractivity contribution is -0.138. The molecule has 0 aromatic heterocycles. The molecule has 0 radical (unpaired) electrons. The average Bonchev–Trinajstić information content (AvgIpc) is 2.36. The summed E-state index contributed by atoms with van der Waals surface area (Å²) in [6.45, 7) is 2.16. The lowest BCUT2D eigenvalue weighted by Gasteiger charge is -2.23. The Morgan fingerprint density at radius 1 is 1.53 bits per heavy atom. The third-order valence-corrected chi connectivity index (χ3v) is 2.84. The number of fused-ring (bicyclic) bond motifs is 1. The number of ether oxygens (including phenoxy) is 3. The van der Waals surface area contributed by atoms with Crippen molar-refractivity contribution in [2.45, 2.75) is 19.4 Å². The van der Waals surface area contributed by atoms with E-state index in [0.29, 0.717) is 23.7 Å². The molecule has 5 heteroatoms. The standard InChI is InChI=1S/C12H14O5/c1-7(12(13)14)11-8-5-16-6-17-9(8)3-4-10(11)15-2/h3-4,7H,5-6H2,1-2H3,(H,13,14). The monoisotopic (exact) mass is 238 g/mol. The van der Waals surface area contributed by atoms with E-state index in [1.165, 1.54) is 7.11 Å². The van der Waals surface area contributed by atoms with Gasteiger partial charge in [0, 0.05) is 11.1 Å². The molecule has 0 saturated carbocycles. The highest BCUT2D eigenvalue weighted by atomic mass is 16.7. The van der Waals surface area contributed by atoms with Crippen molar-refractivity contribution in [3.05, 3.63) is 23.3 Å². The Balaban J connectivity index is 2.55. The molecule has 2 rings (SSSR count). The first-order valence-corrected chi connectivity index (χ1v) is 5.28. The summed E-state index contributed by atoms with van der Waals surface area (Å²) in [7, 11) is 1.52. The molecule has 0 amide bonds. The van der Waals surface area contributed by atoms with Crippen molar-refractivity contribution in [1.82, 2.24) is 0 Å². The molecule has 92 valence electrons. The maximum Gasteiger partial charge on any atom is 0.310 e. The van der Waals surface area contributed by atoms with Gasteiger partial charge in [0.25, 0.3) is 0 Å². The van der Waals surface area contributed by atoms with Crippen molar-refractivity contribution < 1.29 is 24.1 Å². The molecule has 1 aliphatic heterocycles. The zero-order valence-corrected chi connectivity index (χ0v) is 9.73. The van der Waals surface area contributed by atoms with Crippen LogP contribution in [0.25, 0.3) is 0 Å². The smallest absolute Gasteiger partial charge is 0.310 e. The highest BCUT2D eigenvalue weighted by molar-refractivity contribution is 5.78. The number of benzene rings is 1. The van der Waals surface area contributed by atoms with Gasteiger partial charge in [0.2, 0.25) is 0 Å². The second-order valence-electron chi connectivity index (χ2n) is 3.83. The number of hydrogen-bond acceptors (Lipinski definition) is 4. The summed E-state index contributed by atoms with van der Waals surface area (Å²) in [5, 5.41) is 9.12. The molecular weight excluding hydrogens is 224 g/mol. The van der Waals surface area contributed by atoms with Crippen LogP contribution in [0, 0.1) is 0 Å². The number of hydrogen-bond donors (Lipinski definition) is 1. The quantitative estimate of drug-likeness (QED) is 0.869. The van der Waals surface area contributed by atoms with Crippen molar-refractivity contribution in [2.75, 3.05) is 13.9 Å². The van der Waals surface area contributed by atoms with Gasteiger partial charge in [0.1, 0.15) is 11.5 Å². The molecule has 0 fully saturated rings. The molecule has 1 N–H and O–H groups in total. The van der Waals surface area contributed by atoms with Crippen LogP contribution in [0.3, 0.4) is 0 Å². The maximum absolute atomic E-state index is 11.1. The minimum atomic E-state index is -0.901. The van der Waals surface area contributed by atoms with Gasteiger partial charge in [0.15, 0.2) is 6.79 Å². The first kappa shape index (κ1) is 11.7. The van der Waals surface area contributed by atoms with Gasteiger partial charge < -0.3 is 19.3 Å². The van der Waals surface area contributed by atoms with Crippen molar-refractivity contribution >= 4 is 5.97 Å². The van der Waals surface area contributed by atoms with Crippen LogP contribution in [0.15, 0.2) is 12.1 Å². The van der Waals surface area contributed by atoms with Crippen LogP contribution >= 0.6 is 0 Å². The van der Waals surface area contributed by atoms with E-state index in [0.717, 1.165) is 5.56 Å². The molecule has 0 spiro atoms. The first-order valence-electron chi connectivity index (χ1n) is 5.28. The number of methoxy groups -OCH3 is 1. The van der Waals surface area contributed by atoms with Crippen LogP contribution in [-0.2, 0) is 16.1 Å². The Hall–Kier alpha value is -1.75. The van der Waals surface area contributed by atoms with Crippen molar-refractivity contribution in [2.24, 2.45) is 0 Å². The lowest BCUT2D eigenvalue weighted by Crippen LogP contribution is -2.17. The molecule has 1 aliphatic rings. The Bertz CT molecular complexity index is 441. The molecule has 0 saturated heterocycles. The zero-order valence-electron chi connectivity index (χ0n) is 9.73. The fourth-order valence-electron chi connectivity index (χ4n) is 1.93. The number of carbonyl (C=O) groups is 1. The second-order valence-corrected chi connectivity index (χ2v) is 3.83. The van der Waals surface area contributed by atoms with Crippen LogP contribution in [-0.4, -0.2) is 25.0 Å². The van der Waals surface area contributed by atoms with Crippen LogP contribution < -0.4 is 9.47 Å². The Kier molecular flexibility index (Phi) is 3.19. The summed E-state index contributed by atoms with van der Waals surface area (Å²) in [6.07, 6.45) is 0. The third kappa shape index (κ3) is 2.06. The summed E-state index contributed by atoms with van der Waals surface area (Å²) in [5.74, 6) is -0.347.